The molecule has 0 spiro atoms. The second-order valence-electron chi connectivity index (χ2n) is 11.8. The highest BCUT2D eigenvalue weighted by molar-refractivity contribution is 5.76. The summed E-state index contributed by atoms with van der Waals surface area (Å²) >= 11 is 0. The molecule has 1 saturated heterocycles. The second kappa shape index (κ2) is 16.6. The van der Waals surface area contributed by atoms with Gasteiger partial charge in [0.25, 0.3) is 11.1 Å². The molecule has 2 amide bonds. The number of rotatable bonds is 15. The fourth-order valence-corrected chi connectivity index (χ4v) is 5.07. The number of nitrogens with one attached hydrogen (secondary N) is 2. The molecule has 1 aromatic carbocycles. The number of nitrogens with zero attached hydrogens (tertiary/aromatic N) is 6. The van der Waals surface area contributed by atoms with Crippen LogP contribution in [-0.4, -0.2) is 74.3 Å². The van der Waals surface area contributed by atoms with Gasteiger partial charge in [0.05, 0.1) is 31.2 Å². The lowest BCUT2D eigenvalue weighted by atomic mass is 10.1. The molecule has 1 aliphatic heterocycles. The van der Waals surface area contributed by atoms with Crippen molar-refractivity contribution in [1.82, 2.24) is 40.2 Å². The van der Waals surface area contributed by atoms with Gasteiger partial charge in [0.1, 0.15) is 24.7 Å². The molecule has 5 heterocycles. The van der Waals surface area contributed by atoms with Crippen molar-refractivity contribution in [3.8, 4) is 40.0 Å². The van der Waals surface area contributed by atoms with Gasteiger partial charge in [0.2, 0.25) is 23.6 Å². The van der Waals surface area contributed by atoms with Crippen LogP contribution in [0.5, 0.6) is 17.5 Å². The third-order valence-electron chi connectivity index (χ3n) is 7.87. The topological polar surface area (TPSA) is 181 Å². The van der Waals surface area contributed by atoms with Crippen molar-refractivity contribution in [2.24, 2.45) is 5.92 Å². The van der Waals surface area contributed by atoms with Crippen LogP contribution in [0.1, 0.15) is 12.5 Å². The minimum atomic E-state index is -0.502. The smallest absolute Gasteiger partial charge is 0.270 e. The molecule has 0 bridgehead atoms. The third-order valence-corrected chi connectivity index (χ3v) is 7.87. The molecule has 2 N–H and O–H groups in total. The Bertz CT molecular complexity index is 2140. The third kappa shape index (κ3) is 9.28. The van der Waals surface area contributed by atoms with Crippen molar-refractivity contribution in [2.75, 3.05) is 32.9 Å². The Labute approximate surface area is 296 Å². The number of aromatic nitrogens is 6. The molecular weight excluding hydrogens is 675 g/mol. The number of ether oxygens (including phenoxy) is 3. The Morgan fingerprint density at radius 3 is 2.19 bits per heavy atom. The number of carbonyl (C=O) groups is 2. The maximum absolute atomic E-state index is 13.3. The van der Waals surface area contributed by atoms with E-state index in [2.05, 4.69) is 30.8 Å². The number of halogens is 1. The molecule has 1 fully saturated rings. The van der Waals surface area contributed by atoms with E-state index in [0.29, 0.717) is 72.0 Å². The van der Waals surface area contributed by atoms with Crippen LogP contribution in [0.3, 0.4) is 0 Å². The Balaban J connectivity index is 1.10. The molecule has 6 rings (SSSR count). The van der Waals surface area contributed by atoms with E-state index in [1.54, 1.807) is 43.5 Å². The van der Waals surface area contributed by atoms with Gasteiger partial charge in [-0.05, 0) is 61.9 Å². The van der Waals surface area contributed by atoms with Gasteiger partial charge in [-0.3, -0.25) is 19.2 Å². The average molecular weight is 711 g/mol. The lowest BCUT2D eigenvalue weighted by Crippen LogP contribution is -2.37. The van der Waals surface area contributed by atoms with Crippen LogP contribution in [0.15, 0.2) is 88.7 Å². The number of carbonyl (C=O) groups excluding carboxylic acids is 2. The van der Waals surface area contributed by atoms with E-state index in [4.69, 9.17) is 14.2 Å². The molecule has 0 radical (unpaired) electrons. The van der Waals surface area contributed by atoms with Crippen molar-refractivity contribution in [3.63, 3.8) is 0 Å². The van der Waals surface area contributed by atoms with Crippen LogP contribution in [0.25, 0.3) is 22.5 Å². The summed E-state index contributed by atoms with van der Waals surface area (Å²) in [6, 6.07) is 16.7. The van der Waals surface area contributed by atoms with Gasteiger partial charge in [-0.1, -0.05) is 0 Å². The lowest BCUT2D eigenvalue weighted by molar-refractivity contribution is -0.122. The molecule has 268 valence electrons. The van der Waals surface area contributed by atoms with Crippen LogP contribution in [0.4, 0.5) is 4.39 Å². The number of benzene rings is 1. The SMILES string of the molecule is CCNC(=O)Cn1nc(-c2ccc(OCC3COC3)nc2)cc(CCNC(=O)Cn2nc(-c3ccc(Oc4ccc(F)cc4)nc3)ccc2=O)c1=O. The van der Waals surface area contributed by atoms with E-state index in [-0.39, 0.29) is 43.7 Å². The molecule has 0 unspecified atom stereocenters. The zero-order valence-corrected chi connectivity index (χ0v) is 28.2. The predicted octanol–water partition coefficient (Wildman–Crippen LogP) is 2.38. The highest BCUT2D eigenvalue weighted by Gasteiger charge is 2.19. The van der Waals surface area contributed by atoms with Gasteiger partial charge in [0, 0.05) is 66.3 Å². The molecular formula is C36H35FN8O7. The number of hydrogen-bond acceptors (Lipinski definition) is 11. The second-order valence-corrected chi connectivity index (χ2v) is 11.8. The summed E-state index contributed by atoms with van der Waals surface area (Å²) in [7, 11) is 0. The molecule has 52 heavy (non-hydrogen) atoms. The molecule has 0 atom stereocenters. The summed E-state index contributed by atoms with van der Waals surface area (Å²) in [5.74, 6) is 0.206. The first-order valence-electron chi connectivity index (χ1n) is 16.5. The number of likely N-dealkylation sites (N-methyl/N-ethyl adjacent to an activating group) is 1. The Morgan fingerprint density at radius 1 is 0.846 bits per heavy atom. The van der Waals surface area contributed by atoms with Gasteiger partial charge in [0.15, 0.2) is 0 Å². The fraction of sp³-hybridized carbons (Fsp3) is 0.278. The first kappa shape index (κ1) is 35.5. The van der Waals surface area contributed by atoms with E-state index in [1.807, 2.05) is 0 Å². The summed E-state index contributed by atoms with van der Waals surface area (Å²) in [4.78, 5) is 59.8. The molecule has 0 saturated carbocycles. The number of amides is 2. The Kier molecular flexibility index (Phi) is 11.4. The quantitative estimate of drug-likeness (QED) is 0.163. The Hall–Kier alpha value is -6.29. The van der Waals surface area contributed by atoms with E-state index >= 15 is 0 Å². The summed E-state index contributed by atoms with van der Waals surface area (Å²) in [6.45, 7) is 3.38. The first-order chi connectivity index (χ1) is 25.2. The van der Waals surface area contributed by atoms with E-state index in [0.717, 1.165) is 9.36 Å². The van der Waals surface area contributed by atoms with E-state index in [9.17, 15) is 23.6 Å². The first-order valence-corrected chi connectivity index (χ1v) is 16.5. The average Bonchev–Trinajstić information content (AvgIpc) is 3.12. The molecule has 16 heteroatoms. The molecule has 0 aliphatic carbocycles. The summed E-state index contributed by atoms with van der Waals surface area (Å²) in [6.07, 6.45) is 3.20. The van der Waals surface area contributed by atoms with Crippen LogP contribution >= 0.6 is 0 Å². The minimum Gasteiger partial charge on any atom is -0.477 e. The monoisotopic (exact) mass is 710 g/mol. The van der Waals surface area contributed by atoms with E-state index in [1.165, 1.54) is 42.6 Å². The molecule has 4 aromatic heterocycles. The van der Waals surface area contributed by atoms with Gasteiger partial charge in [-0.2, -0.15) is 10.2 Å². The van der Waals surface area contributed by atoms with Crippen LogP contribution in [0, 0.1) is 11.7 Å². The number of pyridine rings is 2. The highest BCUT2D eigenvalue weighted by atomic mass is 19.1. The Morgan fingerprint density at radius 2 is 1.52 bits per heavy atom. The minimum absolute atomic E-state index is 0.0580. The summed E-state index contributed by atoms with van der Waals surface area (Å²) in [5.41, 5.74) is 1.33. The van der Waals surface area contributed by atoms with Crippen molar-refractivity contribution in [1.29, 1.82) is 0 Å². The number of hydrogen-bond donors (Lipinski definition) is 2. The normalized spacial score (nSPS) is 12.5. The predicted molar refractivity (Wildman–Crippen MR) is 185 cm³/mol. The zero-order chi connectivity index (χ0) is 36.5. The van der Waals surface area contributed by atoms with Crippen molar-refractivity contribution < 1.29 is 28.2 Å². The highest BCUT2D eigenvalue weighted by Crippen LogP contribution is 2.23. The van der Waals surface area contributed by atoms with Crippen molar-refractivity contribution in [3.05, 3.63) is 111 Å². The lowest BCUT2D eigenvalue weighted by Gasteiger charge is -2.25. The molecule has 1 aliphatic rings. The zero-order valence-electron chi connectivity index (χ0n) is 28.2. The van der Waals surface area contributed by atoms with Gasteiger partial charge in [-0.25, -0.2) is 23.7 Å². The van der Waals surface area contributed by atoms with Gasteiger partial charge >= 0.3 is 0 Å². The molecule has 15 nitrogen and oxygen atoms in total. The maximum atomic E-state index is 13.3. The van der Waals surface area contributed by atoms with Gasteiger partial charge in [-0.15, -0.1) is 0 Å². The fourth-order valence-electron chi connectivity index (χ4n) is 5.07. The largest absolute Gasteiger partial charge is 0.477 e. The van der Waals surface area contributed by atoms with Crippen LogP contribution in [-0.2, 0) is 33.8 Å². The van der Waals surface area contributed by atoms with E-state index < -0.39 is 17.0 Å². The molecule has 5 aromatic rings. The van der Waals surface area contributed by atoms with Crippen molar-refractivity contribution in [2.45, 2.75) is 26.4 Å². The van der Waals surface area contributed by atoms with Gasteiger partial charge < -0.3 is 24.8 Å². The van der Waals surface area contributed by atoms with Crippen LogP contribution < -0.4 is 31.2 Å². The van der Waals surface area contributed by atoms with Crippen molar-refractivity contribution >= 4 is 11.8 Å². The van der Waals surface area contributed by atoms with Crippen LogP contribution in [0.2, 0.25) is 0 Å². The maximum Gasteiger partial charge on any atom is 0.270 e. The summed E-state index contributed by atoms with van der Waals surface area (Å²) in [5, 5.41) is 14.1. The standard InChI is InChI=1S/C36H35FN8O7/c1-2-38-31(46)19-45-36(49)24(15-30(43-45)26-3-10-33(40-17-26)51-22-23-20-50-21-23)13-14-39-32(47)18-44-35(48)12-9-29(42-44)25-4-11-34(41-16-25)52-28-7-5-27(37)6-8-28/h3-12,15-17,23H,2,13-14,18-22H2,1H3,(H,38,46)(H,39,47). The summed E-state index contributed by atoms with van der Waals surface area (Å²) < 4.78 is 31.8.